The van der Waals surface area contributed by atoms with Gasteiger partial charge in [-0.1, -0.05) is 13.8 Å². The summed E-state index contributed by atoms with van der Waals surface area (Å²) in [6.07, 6.45) is 0.969. The molecular weight excluding hydrogens is 290 g/mol. The third-order valence-corrected chi connectivity index (χ3v) is 3.73. The van der Waals surface area contributed by atoms with E-state index in [0.717, 1.165) is 13.0 Å². The predicted octanol–water partition coefficient (Wildman–Crippen LogP) is 1.66. The first-order valence-corrected chi connectivity index (χ1v) is 8.79. The maximum Gasteiger partial charge on any atom is 0.323 e. The molecule has 1 aromatic rings. The molecule has 0 aliphatic heterocycles. The van der Waals surface area contributed by atoms with E-state index < -0.39 is 10.8 Å². The number of hydrogen-bond acceptors (Lipinski definition) is 7. The Bertz CT molecular complexity index is 456. The molecule has 0 amide bonds. The molecule has 7 nitrogen and oxygen atoms in total. The second-order valence-corrected chi connectivity index (χ2v) is 6.58. The van der Waals surface area contributed by atoms with Crippen LogP contribution in [0, 0.1) is 0 Å². The molecule has 0 saturated heterocycles. The van der Waals surface area contributed by atoms with Crippen molar-refractivity contribution in [2.45, 2.75) is 40.2 Å². The highest BCUT2D eigenvalue weighted by Gasteiger charge is 2.09. The van der Waals surface area contributed by atoms with Gasteiger partial charge in [-0.3, -0.25) is 4.21 Å². The van der Waals surface area contributed by atoms with Gasteiger partial charge >= 0.3 is 6.01 Å². The monoisotopic (exact) mass is 315 g/mol. The minimum Gasteiger partial charge on any atom is -0.461 e. The molecule has 0 radical (unpaired) electrons. The lowest BCUT2D eigenvalue weighted by Gasteiger charge is -2.12. The summed E-state index contributed by atoms with van der Waals surface area (Å²) >= 11 is 0. The van der Waals surface area contributed by atoms with E-state index in [-0.39, 0.29) is 12.1 Å². The van der Waals surface area contributed by atoms with Gasteiger partial charge in [-0.25, -0.2) is 0 Å². The molecule has 21 heavy (non-hydrogen) atoms. The van der Waals surface area contributed by atoms with Gasteiger partial charge in [0.2, 0.25) is 11.9 Å². The van der Waals surface area contributed by atoms with Crippen molar-refractivity contribution in [2.75, 3.05) is 35.2 Å². The quantitative estimate of drug-likeness (QED) is 0.678. The number of aromatic nitrogens is 3. The number of ether oxygens (including phenoxy) is 1. The standard InChI is InChI=1S/C13H25N5O2S/c1-5-7-14-11-16-12(15-8-9-21(19)6-2)18-13(17-11)20-10(3)4/h10H,5-9H2,1-4H3,(H2,14,15,16,17,18). The molecule has 1 rings (SSSR count). The fourth-order valence-electron chi connectivity index (χ4n) is 1.44. The van der Waals surface area contributed by atoms with Gasteiger partial charge in [0.15, 0.2) is 0 Å². The SMILES string of the molecule is CCCNc1nc(NCCS(=O)CC)nc(OC(C)C)n1. The molecule has 1 heterocycles. The van der Waals surface area contributed by atoms with Gasteiger partial charge in [0.1, 0.15) is 0 Å². The minimum atomic E-state index is -0.806. The van der Waals surface area contributed by atoms with Gasteiger partial charge in [0.25, 0.3) is 0 Å². The molecule has 8 heteroatoms. The second kappa shape index (κ2) is 9.49. The van der Waals surface area contributed by atoms with Crippen molar-refractivity contribution in [1.82, 2.24) is 15.0 Å². The Hall–Kier alpha value is -1.44. The fourth-order valence-corrected chi connectivity index (χ4v) is 2.05. The lowest BCUT2D eigenvalue weighted by Crippen LogP contribution is -2.17. The Morgan fingerprint density at radius 1 is 1.10 bits per heavy atom. The summed E-state index contributed by atoms with van der Waals surface area (Å²) in [5.74, 6) is 2.15. The molecule has 0 aromatic carbocycles. The Balaban J connectivity index is 2.72. The van der Waals surface area contributed by atoms with E-state index in [2.05, 4.69) is 32.5 Å². The summed E-state index contributed by atoms with van der Waals surface area (Å²) in [5.41, 5.74) is 0. The van der Waals surface area contributed by atoms with Crippen LogP contribution >= 0.6 is 0 Å². The van der Waals surface area contributed by atoms with Crippen LogP contribution in [0.25, 0.3) is 0 Å². The molecule has 0 aliphatic carbocycles. The second-order valence-electron chi connectivity index (χ2n) is 4.72. The summed E-state index contributed by atoms with van der Waals surface area (Å²) < 4.78 is 16.9. The zero-order valence-electron chi connectivity index (χ0n) is 13.2. The van der Waals surface area contributed by atoms with Crippen LogP contribution in [0.2, 0.25) is 0 Å². The predicted molar refractivity (Wildman–Crippen MR) is 86.4 cm³/mol. The Labute approximate surface area is 128 Å². The van der Waals surface area contributed by atoms with E-state index in [0.29, 0.717) is 29.9 Å². The van der Waals surface area contributed by atoms with Crippen LogP contribution in [0.1, 0.15) is 34.1 Å². The molecule has 120 valence electrons. The lowest BCUT2D eigenvalue weighted by molar-refractivity contribution is 0.222. The van der Waals surface area contributed by atoms with Crippen molar-refractivity contribution in [2.24, 2.45) is 0 Å². The van der Waals surface area contributed by atoms with E-state index in [9.17, 15) is 4.21 Å². The van der Waals surface area contributed by atoms with Gasteiger partial charge in [0.05, 0.1) is 6.10 Å². The van der Waals surface area contributed by atoms with E-state index in [1.165, 1.54) is 0 Å². The number of anilines is 2. The lowest BCUT2D eigenvalue weighted by atomic mass is 10.5. The number of nitrogens with zero attached hydrogens (tertiary/aromatic N) is 3. The van der Waals surface area contributed by atoms with Crippen LogP contribution in [0.5, 0.6) is 6.01 Å². The summed E-state index contributed by atoms with van der Waals surface area (Å²) in [6, 6.07) is 0.290. The van der Waals surface area contributed by atoms with Crippen LogP contribution in [0.4, 0.5) is 11.9 Å². The molecule has 1 unspecified atom stereocenters. The average Bonchev–Trinajstić information content (AvgIpc) is 2.44. The molecule has 1 aromatic heterocycles. The van der Waals surface area contributed by atoms with Gasteiger partial charge in [-0.2, -0.15) is 15.0 Å². The first-order valence-electron chi connectivity index (χ1n) is 7.30. The molecule has 0 spiro atoms. The third kappa shape index (κ3) is 7.22. The summed E-state index contributed by atoms with van der Waals surface area (Å²) in [6.45, 7) is 9.14. The van der Waals surface area contributed by atoms with Gasteiger partial charge in [-0.05, 0) is 20.3 Å². The molecule has 0 saturated carbocycles. The van der Waals surface area contributed by atoms with E-state index in [1.54, 1.807) is 0 Å². The van der Waals surface area contributed by atoms with Crippen LogP contribution < -0.4 is 15.4 Å². The molecule has 0 bridgehead atoms. The molecule has 0 aliphatic rings. The summed E-state index contributed by atoms with van der Waals surface area (Å²) in [7, 11) is -0.806. The minimum absolute atomic E-state index is 0.00753. The Morgan fingerprint density at radius 3 is 2.24 bits per heavy atom. The normalized spacial score (nSPS) is 12.2. The number of hydrogen-bond donors (Lipinski definition) is 2. The first kappa shape index (κ1) is 17.6. The summed E-state index contributed by atoms with van der Waals surface area (Å²) in [4.78, 5) is 12.7. The van der Waals surface area contributed by atoms with Crippen molar-refractivity contribution in [3.05, 3.63) is 0 Å². The zero-order chi connectivity index (χ0) is 15.7. The number of rotatable bonds is 10. The third-order valence-electron chi connectivity index (χ3n) is 2.42. The maximum absolute atomic E-state index is 11.4. The van der Waals surface area contributed by atoms with Crippen molar-refractivity contribution in [3.8, 4) is 6.01 Å². The van der Waals surface area contributed by atoms with Crippen molar-refractivity contribution < 1.29 is 8.95 Å². The molecule has 1 atom stereocenters. The van der Waals surface area contributed by atoms with Crippen molar-refractivity contribution in [1.29, 1.82) is 0 Å². The van der Waals surface area contributed by atoms with E-state index >= 15 is 0 Å². The van der Waals surface area contributed by atoms with Crippen LogP contribution in [-0.2, 0) is 10.8 Å². The Morgan fingerprint density at radius 2 is 1.71 bits per heavy atom. The van der Waals surface area contributed by atoms with Gasteiger partial charge in [0, 0.05) is 35.4 Å². The topological polar surface area (TPSA) is 89.0 Å². The van der Waals surface area contributed by atoms with E-state index in [4.69, 9.17) is 4.74 Å². The Kier molecular flexibility index (Phi) is 7.96. The average molecular weight is 315 g/mol. The molecular formula is C13H25N5O2S. The highest BCUT2D eigenvalue weighted by molar-refractivity contribution is 7.84. The van der Waals surface area contributed by atoms with Gasteiger partial charge < -0.3 is 15.4 Å². The largest absolute Gasteiger partial charge is 0.461 e. The van der Waals surface area contributed by atoms with Crippen LogP contribution in [0.15, 0.2) is 0 Å². The first-order chi connectivity index (χ1) is 10.0. The summed E-state index contributed by atoms with van der Waals surface area (Å²) in [5, 5.41) is 6.18. The maximum atomic E-state index is 11.4. The fraction of sp³-hybridized carbons (Fsp3) is 0.769. The van der Waals surface area contributed by atoms with Crippen molar-refractivity contribution >= 4 is 22.7 Å². The van der Waals surface area contributed by atoms with Gasteiger partial charge in [-0.15, -0.1) is 0 Å². The number of nitrogens with one attached hydrogen (secondary N) is 2. The highest BCUT2D eigenvalue weighted by Crippen LogP contribution is 2.12. The zero-order valence-corrected chi connectivity index (χ0v) is 14.0. The highest BCUT2D eigenvalue weighted by atomic mass is 32.2. The van der Waals surface area contributed by atoms with Crippen molar-refractivity contribution in [3.63, 3.8) is 0 Å². The van der Waals surface area contributed by atoms with Crippen LogP contribution in [-0.4, -0.2) is 49.9 Å². The molecule has 2 N–H and O–H groups in total. The van der Waals surface area contributed by atoms with E-state index in [1.807, 2.05) is 20.8 Å². The smallest absolute Gasteiger partial charge is 0.323 e. The van der Waals surface area contributed by atoms with Crippen LogP contribution in [0.3, 0.4) is 0 Å². The molecule has 0 fully saturated rings.